The van der Waals surface area contributed by atoms with Crippen LogP contribution in [-0.2, 0) is 10.1 Å². The molecule has 0 fully saturated rings. The summed E-state index contributed by atoms with van der Waals surface area (Å²) in [6, 6.07) is 1.88. The van der Waals surface area contributed by atoms with Crippen molar-refractivity contribution < 1.29 is 187 Å². The van der Waals surface area contributed by atoms with Crippen LogP contribution in [0.5, 0.6) is 0 Å². The van der Waals surface area contributed by atoms with Crippen LogP contribution in [0.1, 0.15) is 20.7 Å². The van der Waals surface area contributed by atoms with E-state index < -0.39 is 38.1 Å². The summed E-state index contributed by atoms with van der Waals surface area (Å²) < 4.78 is 32.0. The SMILES string of the molecule is O=C([O-])c1ccc(C(=O)[O-])c(S(=O)(=O)[O-])c1.[K+].[K+].[K+]. The molecule has 86 valence electrons. The van der Waals surface area contributed by atoms with Gasteiger partial charge in [0.05, 0.1) is 16.8 Å². The van der Waals surface area contributed by atoms with E-state index in [1.54, 1.807) is 0 Å². The van der Waals surface area contributed by atoms with E-state index in [0.29, 0.717) is 12.1 Å². The Balaban J connectivity index is -0.000000853. The molecule has 0 saturated heterocycles. The van der Waals surface area contributed by atoms with Crippen molar-refractivity contribution in [1.29, 1.82) is 0 Å². The van der Waals surface area contributed by atoms with Gasteiger partial charge in [0, 0.05) is 5.56 Å². The third-order valence-electron chi connectivity index (χ3n) is 1.71. The van der Waals surface area contributed by atoms with Crippen LogP contribution in [0.3, 0.4) is 0 Å². The molecular formula is C8H3K3O7S. The average Bonchev–Trinajstić information content (AvgIpc) is 2.15. The number of hydrogen-bond acceptors (Lipinski definition) is 7. The van der Waals surface area contributed by atoms with Crippen LogP contribution >= 0.6 is 0 Å². The van der Waals surface area contributed by atoms with Crippen LogP contribution in [0.2, 0.25) is 0 Å². The molecule has 0 heterocycles. The Kier molecular flexibility index (Phi) is 16.3. The first-order valence-corrected chi connectivity index (χ1v) is 5.17. The van der Waals surface area contributed by atoms with Gasteiger partial charge in [-0.1, -0.05) is 12.1 Å². The summed E-state index contributed by atoms with van der Waals surface area (Å²) in [4.78, 5) is 19.7. The molecule has 0 amide bonds. The van der Waals surface area contributed by atoms with Gasteiger partial charge in [0.2, 0.25) is 0 Å². The number of hydrogen-bond donors (Lipinski definition) is 0. The molecule has 0 atom stereocenters. The summed E-state index contributed by atoms with van der Waals surface area (Å²) in [5.41, 5.74) is -1.50. The molecule has 7 nitrogen and oxygen atoms in total. The smallest absolute Gasteiger partial charge is 0.744 e. The van der Waals surface area contributed by atoms with Gasteiger partial charge in [0.15, 0.2) is 0 Å². The molecule has 0 aliphatic carbocycles. The van der Waals surface area contributed by atoms with E-state index in [1.807, 2.05) is 0 Å². The number of benzene rings is 1. The standard InChI is InChI=1S/C8H6O7S.3K/c9-7(10)4-1-2-5(8(11)12)6(3-4)16(13,14)15;;;/h1-3H,(H,9,10)(H,11,12)(H,13,14,15);;;/q;3*+1/p-3. The maximum atomic E-state index is 10.7. The fourth-order valence-corrected chi connectivity index (χ4v) is 1.72. The van der Waals surface area contributed by atoms with Gasteiger partial charge >= 0.3 is 154 Å². The zero-order chi connectivity index (χ0) is 12.5. The average molecular weight is 360 g/mol. The van der Waals surface area contributed by atoms with Crippen molar-refractivity contribution in [2.24, 2.45) is 0 Å². The predicted molar refractivity (Wildman–Crippen MR) is 43.1 cm³/mol. The van der Waals surface area contributed by atoms with Crippen LogP contribution in [0.15, 0.2) is 23.1 Å². The maximum absolute atomic E-state index is 10.7. The fourth-order valence-electron chi connectivity index (χ4n) is 1.02. The number of carbonyl (C=O) groups excluding carboxylic acids is 2. The third-order valence-corrected chi connectivity index (χ3v) is 2.58. The Labute approximate surface area is 236 Å². The summed E-state index contributed by atoms with van der Waals surface area (Å²) in [5.74, 6) is -3.62. The molecule has 0 unspecified atom stereocenters. The van der Waals surface area contributed by atoms with Crippen LogP contribution in [0, 0.1) is 0 Å². The van der Waals surface area contributed by atoms with Crippen molar-refractivity contribution in [2.45, 2.75) is 4.90 Å². The summed E-state index contributed by atoms with van der Waals surface area (Å²) in [6.07, 6.45) is 0. The zero-order valence-electron chi connectivity index (χ0n) is 10.5. The Morgan fingerprint density at radius 3 is 1.74 bits per heavy atom. The number of rotatable bonds is 3. The molecule has 11 heteroatoms. The molecular weight excluding hydrogens is 357 g/mol. The Bertz CT molecular complexity index is 570. The first kappa shape index (κ1) is 26.9. The Morgan fingerprint density at radius 2 is 1.42 bits per heavy atom. The largest absolute Gasteiger partial charge is 1.00 e. The monoisotopic (exact) mass is 360 g/mol. The quantitative estimate of drug-likeness (QED) is 0.385. The summed E-state index contributed by atoms with van der Waals surface area (Å²) in [7, 11) is -5.10. The van der Waals surface area contributed by atoms with Crippen molar-refractivity contribution in [3.8, 4) is 0 Å². The normalized spacial score (nSPS) is 9.32. The molecule has 1 aromatic carbocycles. The van der Waals surface area contributed by atoms with Gasteiger partial charge in [-0.15, -0.1) is 0 Å². The molecule has 0 spiro atoms. The topological polar surface area (TPSA) is 137 Å². The Morgan fingerprint density at radius 1 is 0.947 bits per heavy atom. The Hall–Kier alpha value is 2.98. The van der Waals surface area contributed by atoms with E-state index in [0.717, 1.165) is 6.07 Å². The third kappa shape index (κ3) is 8.41. The molecule has 0 saturated carbocycles. The zero-order valence-corrected chi connectivity index (χ0v) is 20.7. The van der Waals surface area contributed by atoms with Crippen LogP contribution in [-0.4, -0.2) is 24.9 Å². The second-order valence-electron chi connectivity index (χ2n) is 2.74. The van der Waals surface area contributed by atoms with E-state index in [1.165, 1.54) is 0 Å². The van der Waals surface area contributed by atoms with Crippen molar-refractivity contribution in [3.63, 3.8) is 0 Å². The first-order valence-electron chi connectivity index (χ1n) is 3.76. The van der Waals surface area contributed by atoms with Gasteiger partial charge in [-0.2, -0.15) is 0 Å². The predicted octanol–water partition coefficient (Wildman–Crippen LogP) is -11.7. The minimum atomic E-state index is -5.10. The van der Waals surface area contributed by atoms with E-state index in [4.69, 9.17) is 0 Å². The second kappa shape index (κ2) is 11.5. The molecule has 0 aliphatic rings. The van der Waals surface area contributed by atoms with Gasteiger partial charge in [0.25, 0.3) is 0 Å². The maximum Gasteiger partial charge on any atom is 1.00 e. The minimum absolute atomic E-state index is 0. The molecule has 1 rings (SSSR count). The molecule has 0 aliphatic heterocycles. The summed E-state index contributed by atoms with van der Waals surface area (Å²) in [6.45, 7) is 0. The van der Waals surface area contributed by atoms with E-state index in [9.17, 15) is 32.8 Å². The minimum Gasteiger partial charge on any atom is -0.744 e. The van der Waals surface area contributed by atoms with Gasteiger partial charge < -0.3 is 24.4 Å². The fraction of sp³-hybridized carbons (Fsp3) is 0. The number of carbonyl (C=O) groups is 2. The van der Waals surface area contributed by atoms with Gasteiger partial charge in [-0.3, -0.25) is 0 Å². The summed E-state index contributed by atoms with van der Waals surface area (Å²) >= 11 is 0. The van der Waals surface area contributed by atoms with E-state index in [2.05, 4.69) is 0 Å². The molecule has 0 bridgehead atoms. The van der Waals surface area contributed by atoms with Crippen molar-refractivity contribution >= 4 is 22.1 Å². The van der Waals surface area contributed by atoms with Crippen molar-refractivity contribution in [1.82, 2.24) is 0 Å². The number of aromatic carboxylic acids is 2. The van der Waals surface area contributed by atoms with E-state index >= 15 is 0 Å². The molecule has 0 N–H and O–H groups in total. The molecule has 1 aromatic rings. The van der Waals surface area contributed by atoms with Crippen LogP contribution < -0.4 is 164 Å². The van der Waals surface area contributed by atoms with E-state index in [-0.39, 0.29) is 154 Å². The van der Waals surface area contributed by atoms with Gasteiger partial charge in [-0.05, 0) is 11.6 Å². The van der Waals surface area contributed by atoms with Crippen molar-refractivity contribution in [3.05, 3.63) is 29.3 Å². The molecule has 0 aromatic heterocycles. The second-order valence-corrected chi connectivity index (χ2v) is 4.09. The van der Waals surface area contributed by atoms with Crippen LogP contribution in [0.4, 0.5) is 0 Å². The molecule has 0 radical (unpaired) electrons. The number of carboxylic acids is 2. The number of carboxylic acid groups (broad SMARTS) is 2. The van der Waals surface area contributed by atoms with Crippen molar-refractivity contribution in [2.75, 3.05) is 0 Å². The van der Waals surface area contributed by atoms with Crippen LogP contribution in [0.25, 0.3) is 0 Å². The van der Waals surface area contributed by atoms with Gasteiger partial charge in [0.1, 0.15) is 10.1 Å². The molecule has 19 heavy (non-hydrogen) atoms. The first-order chi connectivity index (χ1) is 7.23. The van der Waals surface area contributed by atoms with Gasteiger partial charge in [-0.25, -0.2) is 8.42 Å². The summed E-state index contributed by atoms with van der Waals surface area (Å²) in [5, 5.41) is 20.9.